The molecule has 0 spiro atoms. The predicted molar refractivity (Wildman–Crippen MR) is 498 cm³/mol. The van der Waals surface area contributed by atoms with E-state index in [1.807, 2.05) is 41.5 Å². The quantitative estimate of drug-likeness (QED) is 0.0408. The Labute approximate surface area is 790 Å². The first-order valence-electron chi connectivity index (χ1n) is 45.0. The van der Waals surface area contributed by atoms with Crippen molar-refractivity contribution in [3.05, 3.63) is 241 Å². The molecule has 12 heterocycles. The van der Waals surface area contributed by atoms with Gasteiger partial charge in [0.05, 0.1) is 119 Å². The van der Waals surface area contributed by atoms with Gasteiger partial charge in [0, 0.05) is 111 Å². The Morgan fingerprint density at radius 1 is 0.297 bits per heavy atom. The van der Waals surface area contributed by atoms with Crippen molar-refractivity contribution in [2.75, 3.05) is 55.0 Å². The number of aromatic nitrogens is 16. The average molecular weight is 1920 g/mol. The van der Waals surface area contributed by atoms with Gasteiger partial charge >= 0.3 is 36.8 Å². The van der Waals surface area contributed by atoms with E-state index in [2.05, 4.69) is 150 Å². The second-order valence-corrected chi connectivity index (χ2v) is 36.3. The van der Waals surface area contributed by atoms with Crippen LogP contribution in [0.2, 0.25) is 0 Å². The minimum Gasteiger partial charge on any atom is -0.346 e. The number of alkyl halides is 12. The molecule has 4 aromatic carbocycles. The highest BCUT2D eigenvalue weighted by Crippen LogP contribution is 2.41. The van der Waals surface area contributed by atoms with Crippen LogP contribution in [0.25, 0.3) is 22.7 Å². The number of amides is 6. The number of nitrogens with one attached hydrogen (secondary N) is 4. The van der Waals surface area contributed by atoms with Gasteiger partial charge in [0.25, 0.3) is 0 Å². The number of urea groups is 2. The van der Waals surface area contributed by atoms with E-state index in [0.717, 1.165) is 48.5 Å². The minimum absolute atomic E-state index is 0.0212. The smallest absolute Gasteiger partial charge is 0.346 e. The van der Waals surface area contributed by atoms with E-state index in [0.29, 0.717) is 117 Å². The van der Waals surface area contributed by atoms with E-state index < -0.39 is 47.0 Å². The summed E-state index contributed by atoms with van der Waals surface area (Å²) in [6, 6.07) is 25.3. The summed E-state index contributed by atoms with van der Waals surface area (Å²) in [7, 11) is 3.58. The topological polar surface area (TPSA) is 310 Å². The van der Waals surface area contributed by atoms with Crippen LogP contribution < -0.4 is 40.9 Å². The molecule has 12 atom stereocenters. The van der Waals surface area contributed by atoms with Crippen LogP contribution in [0.4, 0.5) is 109 Å². The van der Waals surface area contributed by atoms with Crippen molar-refractivity contribution in [1.82, 2.24) is 87.9 Å². The Morgan fingerprint density at radius 2 is 0.507 bits per heavy atom. The lowest BCUT2D eigenvalue weighted by Crippen LogP contribution is -2.40. The predicted octanol–water partition coefficient (Wildman–Crippen LogP) is 20.8. The van der Waals surface area contributed by atoms with Gasteiger partial charge < -0.3 is 49.3 Å². The Hall–Kier alpha value is -14.1. The fraction of sp³-hybridized carbons (Fsp3) is 0.417. The van der Waals surface area contributed by atoms with Gasteiger partial charge in [-0.1, -0.05) is 69.2 Å². The first kappa shape index (κ1) is 101. The van der Waals surface area contributed by atoms with E-state index in [4.69, 9.17) is 0 Å². The molecule has 0 aliphatic carbocycles. The molecule has 0 unspecified atom stereocenters. The van der Waals surface area contributed by atoms with Crippen molar-refractivity contribution >= 4 is 70.9 Å². The van der Waals surface area contributed by atoms with Gasteiger partial charge in [-0.3, -0.25) is 29.2 Å². The van der Waals surface area contributed by atoms with E-state index in [1.165, 1.54) is 48.5 Å². The molecule has 6 amide bonds. The Bertz CT molecular complexity index is 5810. The third-order valence-electron chi connectivity index (χ3n) is 24.9. The highest BCUT2D eigenvalue weighted by Gasteiger charge is 2.48. The number of halogens is 12. The summed E-state index contributed by atoms with van der Waals surface area (Å²) < 4.78 is 160. The number of rotatable bonds is 24. The maximum absolute atomic E-state index is 12.9. The Balaban J connectivity index is 0.000000155. The van der Waals surface area contributed by atoms with Crippen molar-refractivity contribution in [3.63, 3.8) is 0 Å². The normalized spacial score (nSPS) is 19.6. The number of hydrogen-bond donors (Lipinski definition) is 4. The zero-order chi connectivity index (χ0) is 100. The number of anilines is 8. The summed E-state index contributed by atoms with van der Waals surface area (Å²) >= 11 is 0. The van der Waals surface area contributed by atoms with Gasteiger partial charge in [0.1, 0.15) is 23.3 Å². The lowest BCUT2D eigenvalue weighted by molar-refractivity contribution is -0.138. The number of carbonyl (C=O) groups excluding carboxylic acids is 4. The number of benzene rings is 4. The molecule has 4 N–H and O–H groups in total. The SMILES string of the molecule is CC(C)[C@H]1[C@@H](C)CC(=O)N1c1ccnc(N[C@@H](C)c2cn(-c3ccc(C(F)(F)F)cc3)cn2)n1.CC(C)[C@H]1[C@@H](C)N(C)C(=O)N1c1ccnc(N[C@@H](C)c2cn(-c3ccc(C(F)(F)F)cc3)cn2)n1.CC(C)[C@H]1[C@H](C)CC(=O)N1c1ccnc(N[C@@H](C)c2cn(-c3ccc(C(F)(F)F)cc3)cn2)n1.CC(C)[C@H]1[C@H](C)N(C)C(=O)N1c1ccnc(N[C@@H](C)c2cn(-c3ccc(C(F)(F)F)cc3)cn2)n1. The summed E-state index contributed by atoms with van der Waals surface area (Å²) in [6.07, 6.45) is 3.04. The molecule has 138 heavy (non-hydrogen) atoms. The van der Waals surface area contributed by atoms with Crippen molar-refractivity contribution in [2.45, 2.75) is 209 Å². The molecular formula is C96H110F12N26O4. The van der Waals surface area contributed by atoms with Crippen molar-refractivity contribution in [1.29, 1.82) is 0 Å². The molecule has 8 aromatic heterocycles. The highest BCUT2D eigenvalue weighted by molar-refractivity contribution is 5.97. The van der Waals surface area contributed by atoms with E-state index in [9.17, 15) is 71.9 Å². The second kappa shape index (κ2) is 41.4. The molecule has 12 aromatic rings. The third-order valence-corrected chi connectivity index (χ3v) is 24.9. The number of likely N-dealkylation sites (N-methyl/N-ethyl adjacent to an activating group) is 2. The molecule has 0 bridgehead atoms. The van der Waals surface area contributed by atoms with Gasteiger partial charge in [-0.2, -0.15) is 72.6 Å². The number of imidazole rings is 4. The van der Waals surface area contributed by atoms with Crippen LogP contribution >= 0.6 is 0 Å². The molecule has 4 aliphatic rings. The van der Waals surface area contributed by atoms with Gasteiger partial charge in [-0.25, -0.2) is 49.5 Å². The van der Waals surface area contributed by atoms with E-state index in [1.54, 1.807) is 161 Å². The van der Waals surface area contributed by atoms with Crippen LogP contribution in [0.1, 0.15) is 193 Å². The van der Waals surface area contributed by atoms with Crippen molar-refractivity contribution < 1.29 is 71.9 Å². The summed E-state index contributed by atoms with van der Waals surface area (Å²) in [5, 5.41) is 12.8. The van der Waals surface area contributed by atoms with Crippen molar-refractivity contribution in [2.24, 2.45) is 35.5 Å². The summed E-state index contributed by atoms with van der Waals surface area (Å²) in [6.45, 7) is 32.5. The first-order valence-corrected chi connectivity index (χ1v) is 45.0. The molecule has 42 heteroatoms. The summed E-state index contributed by atoms with van der Waals surface area (Å²) in [5.74, 6) is 5.23. The number of carbonyl (C=O) groups is 4. The minimum atomic E-state index is -4.38. The maximum atomic E-state index is 12.9. The van der Waals surface area contributed by atoms with Gasteiger partial charge in [0.2, 0.25) is 35.6 Å². The van der Waals surface area contributed by atoms with Crippen LogP contribution in [-0.4, -0.2) is 162 Å². The monoisotopic (exact) mass is 1920 g/mol. The fourth-order valence-corrected chi connectivity index (χ4v) is 17.7. The van der Waals surface area contributed by atoms with Crippen LogP contribution in [0, 0.1) is 35.5 Å². The molecule has 4 saturated heterocycles. The maximum Gasteiger partial charge on any atom is 0.416 e. The Morgan fingerprint density at radius 3 is 0.710 bits per heavy atom. The average Bonchev–Trinajstić information content (AvgIpc) is 1.62. The second-order valence-electron chi connectivity index (χ2n) is 36.3. The lowest BCUT2D eigenvalue weighted by atomic mass is 9.93. The number of hydrogen-bond acceptors (Lipinski definition) is 20. The van der Waals surface area contributed by atoms with E-state index >= 15 is 0 Å². The molecule has 30 nitrogen and oxygen atoms in total. The Kier molecular flexibility index (Phi) is 30.4. The zero-order valence-electron chi connectivity index (χ0n) is 79.1. The number of nitrogens with zero attached hydrogens (tertiary/aromatic N) is 22. The molecule has 0 saturated carbocycles. The van der Waals surface area contributed by atoms with Gasteiger partial charge in [-0.15, -0.1) is 0 Å². The van der Waals surface area contributed by atoms with Crippen LogP contribution in [0.15, 0.2) is 196 Å². The molecule has 0 radical (unpaired) electrons. The lowest BCUT2D eigenvalue weighted by Gasteiger charge is -2.29. The van der Waals surface area contributed by atoms with Crippen molar-refractivity contribution in [3.8, 4) is 22.7 Å². The highest BCUT2D eigenvalue weighted by atomic mass is 19.4. The first-order chi connectivity index (χ1) is 65.0. The molecular weight excluding hydrogens is 1810 g/mol. The molecule has 16 rings (SSSR count). The summed E-state index contributed by atoms with van der Waals surface area (Å²) in [4.78, 5) is 114. The third kappa shape index (κ3) is 23.1. The van der Waals surface area contributed by atoms with Crippen LogP contribution in [-0.2, 0) is 34.3 Å². The molecule has 4 fully saturated rings. The van der Waals surface area contributed by atoms with Gasteiger partial charge in [-0.05, 0) is 198 Å². The standard InChI is InChI=1S/2C24H28F3N7O.2C24H27F3N6O/c2*1-14(2)21-16(4)32(5)23(35)34(21)20-10-11-28-22(31-20)30-15(3)19-12-33(13-29-19)18-8-6-17(7-9-18)24(25,26)27;2*1-14(2)22-15(3)11-21(34)33(22)20-9-10-28-23(31-20)30-16(4)19-12-32(13-29-19)18-7-5-17(6-8-18)24(25,26)27/h2*6-16,21H,1-5H3,(H,28,30,31);2*5-10,12-16,22H,11H2,1-4H3,(H,28,30,31)/t15-,16+,21-;15-,16-,21-;15-,16+,22+;15-,16-,22-/m0010/s1. The summed E-state index contributed by atoms with van der Waals surface area (Å²) in [5.41, 5.74) is 2.10. The van der Waals surface area contributed by atoms with Gasteiger partial charge in [0.15, 0.2) is 0 Å². The molecule has 4 aliphatic heterocycles. The molecule has 732 valence electrons. The largest absolute Gasteiger partial charge is 0.416 e. The van der Waals surface area contributed by atoms with Crippen LogP contribution in [0.5, 0.6) is 0 Å². The van der Waals surface area contributed by atoms with E-state index in [-0.39, 0.29) is 108 Å². The zero-order valence-corrected chi connectivity index (χ0v) is 79.1. The fourth-order valence-electron chi connectivity index (χ4n) is 17.7. The van der Waals surface area contributed by atoms with Crippen LogP contribution in [0.3, 0.4) is 0 Å².